The summed E-state index contributed by atoms with van der Waals surface area (Å²) < 4.78 is 2.30. The minimum absolute atomic E-state index is 0.451. The van der Waals surface area contributed by atoms with Crippen LogP contribution < -0.4 is 4.90 Å². The van der Waals surface area contributed by atoms with E-state index in [2.05, 4.69) is 42.6 Å². The molecule has 2 aromatic heterocycles. The topological polar surface area (TPSA) is 59.7 Å². The van der Waals surface area contributed by atoms with Crippen molar-refractivity contribution in [3.63, 3.8) is 0 Å². The maximum atomic E-state index is 4.66. The second kappa shape index (κ2) is 5.91. The Morgan fingerprint density at radius 2 is 2.09 bits per heavy atom. The van der Waals surface area contributed by atoms with E-state index in [1.165, 1.54) is 31.5 Å². The number of anilines is 1. The van der Waals surface area contributed by atoms with Gasteiger partial charge in [0.05, 0.1) is 0 Å². The summed E-state index contributed by atoms with van der Waals surface area (Å²) in [5, 5.41) is 8.60. The van der Waals surface area contributed by atoms with Gasteiger partial charge in [-0.25, -0.2) is 9.97 Å². The molecule has 0 N–H and O–H groups in total. The van der Waals surface area contributed by atoms with Gasteiger partial charge in [-0.3, -0.25) is 0 Å². The highest BCUT2D eigenvalue weighted by Crippen LogP contribution is 2.38. The van der Waals surface area contributed by atoms with E-state index in [-0.39, 0.29) is 0 Å². The fourth-order valence-electron chi connectivity index (χ4n) is 3.53. The van der Waals surface area contributed by atoms with E-state index in [4.69, 9.17) is 0 Å². The monoisotopic (exact) mass is 312 g/mol. The van der Waals surface area contributed by atoms with Crippen LogP contribution in [-0.4, -0.2) is 37.8 Å². The Hall–Kier alpha value is -1.98. The highest BCUT2D eigenvalue weighted by atomic mass is 15.3. The Bertz CT molecular complexity index is 690. The van der Waals surface area contributed by atoms with Gasteiger partial charge in [-0.15, -0.1) is 10.2 Å². The number of aryl methyl sites for hydroxylation is 2. The minimum atomic E-state index is 0.451. The predicted octanol–water partition coefficient (Wildman–Crippen LogP) is 2.66. The summed E-state index contributed by atoms with van der Waals surface area (Å²) >= 11 is 0. The van der Waals surface area contributed by atoms with E-state index < -0.39 is 0 Å². The second-order valence-corrected chi connectivity index (χ2v) is 6.73. The van der Waals surface area contributed by atoms with Crippen LogP contribution in [0.15, 0.2) is 12.4 Å². The van der Waals surface area contributed by atoms with Gasteiger partial charge in [0.25, 0.3) is 0 Å². The Labute approximate surface area is 137 Å². The maximum Gasteiger partial charge on any atom is 0.137 e. The molecule has 23 heavy (non-hydrogen) atoms. The van der Waals surface area contributed by atoms with Crippen molar-refractivity contribution in [3.8, 4) is 0 Å². The van der Waals surface area contributed by atoms with Crippen LogP contribution in [0.4, 0.5) is 5.82 Å². The lowest BCUT2D eigenvalue weighted by molar-refractivity contribution is 0.468. The van der Waals surface area contributed by atoms with Crippen molar-refractivity contribution in [2.45, 2.75) is 57.9 Å². The van der Waals surface area contributed by atoms with Gasteiger partial charge in [0.1, 0.15) is 23.8 Å². The Balaban J connectivity index is 1.57. The third-order valence-electron chi connectivity index (χ3n) is 4.89. The molecule has 6 nitrogen and oxygen atoms in total. The zero-order chi connectivity index (χ0) is 15.8. The molecule has 0 amide bonds. The first-order valence-electron chi connectivity index (χ1n) is 8.73. The molecule has 0 spiro atoms. The van der Waals surface area contributed by atoms with Gasteiger partial charge in [0.2, 0.25) is 0 Å². The number of rotatable bonds is 4. The Kier molecular flexibility index (Phi) is 3.75. The van der Waals surface area contributed by atoms with Crippen molar-refractivity contribution in [1.82, 2.24) is 24.7 Å². The summed E-state index contributed by atoms with van der Waals surface area (Å²) in [6.07, 6.45) is 7.76. The molecule has 1 saturated carbocycles. The van der Waals surface area contributed by atoms with Crippen LogP contribution in [0.1, 0.15) is 61.9 Å². The fourth-order valence-corrected chi connectivity index (χ4v) is 3.53. The van der Waals surface area contributed by atoms with E-state index in [0.717, 1.165) is 36.8 Å². The molecule has 2 aromatic rings. The molecule has 6 heteroatoms. The molecule has 1 aliphatic heterocycles. The number of hydrogen-bond donors (Lipinski definition) is 0. The quantitative estimate of drug-likeness (QED) is 0.868. The van der Waals surface area contributed by atoms with E-state index in [9.17, 15) is 0 Å². The van der Waals surface area contributed by atoms with Crippen molar-refractivity contribution in [2.24, 2.45) is 0 Å². The molecule has 0 bridgehead atoms. The Morgan fingerprint density at radius 1 is 1.22 bits per heavy atom. The first-order chi connectivity index (χ1) is 11.2. The molecule has 0 radical (unpaired) electrons. The van der Waals surface area contributed by atoms with Gasteiger partial charge in [0, 0.05) is 36.8 Å². The lowest BCUT2D eigenvalue weighted by atomic mass is 9.97. The molecule has 4 rings (SSSR count). The SMILES string of the molecule is CCc1cc(N2CCCC(c3nncn3C3CC3)C2)nc(C)n1. The lowest BCUT2D eigenvalue weighted by Crippen LogP contribution is -2.36. The minimum Gasteiger partial charge on any atom is -0.356 e. The van der Waals surface area contributed by atoms with E-state index in [0.29, 0.717) is 12.0 Å². The number of hydrogen-bond acceptors (Lipinski definition) is 5. The fraction of sp³-hybridized carbons (Fsp3) is 0.647. The van der Waals surface area contributed by atoms with Crippen molar-refractivity contribution in [1.29, 1.82) is 0 Å². The zero-order valence-electron chi connectivity index (χ0n) is 13.9. The molecule has 2 aliphatic rings. The maximum absolute atomic E-state index is 4.66. The van der Waals surface area contributed by atoms with Gasteiger partial charge in [-0.05, 0) is 39.0 Å². The third kappa shape index (κ3) is 2.94. The van der Waals surface area contributed by atoms with Crippen molar-refractivity contribution < 1.29 is 0 Å². The predicted molar refractivity (Wildman–Crippen MR) is 88.6 cm³/mol. The summed E-state index contributed by atoms with van der Waals surface area (Å²) in [5.74, 6) is 3.55. The molecule has 122 valence electrons. The normalized spacial score (nSPS) is 21.7. The third-order valence-corrected chi connectivity index (χ3v) is 4.89. The van der Waals surface area contributed by atoms with Gasteiger partial charge in [-0.2, -0.15) is 0 Å². The van der Waals surface area contributed by atoms with Crippen molar-refractivity contribution >= 4 is 5.82 Å². The van der Waals surface area contributed by atoms with Gasteiger partial charge < -0.3 is 9.47 Å². The first kappa shape index (κ1) is 14.6. The molecule has 1 aliphatic carbocycles. The first-order valence-corrected chi connectivity index (χ1v) is 8.73. The lowest BCUT2D eigenvalue weighted by Gasteiger charge is -2.33. The van der Waals surface area contributed by atoms with Crippen molar-refractivity contribution in [2.75, 3.05) is 18.0 Å². The molecular formula is C17H24N6. The second-order valence-electron chi connectivity index (χ2n) is 6.73. The Morgan fingerprint density at radius 3 is 2.87 bits per heavy atom. The highest BCUT2D eigenvalue weighted by Gasteiger charge is 2.31. The molecule has 2 fully saturated rings. The van der Waals surface area contributed by atoms with Crippen molar-refractivity contribution in [3.05, 3.63) is 29.7 Å². The zero-order valence-corrected chi connectivity index (χ0v) is 13.9. The summed E-state index contributed by atoms with van der Waals surface area (Å²) in [6, 6.07) is 2.78. The average molecular weight is 312 g/mol. The summed E-state index contributed by atoms with van der Waals surface area (Å²) in [4.78, 5) is 11.6. The van der Waals surface area contributed by atoms with Gasteiger partial charge in [0.15, 0.2) is 0 Å². The van der Waals surface area contributed by atoms with Crippen LogP contribution in [0.3, 0.4) is 0 Å². The number of aromatic nitrogens is 5. The smallest absolute Gasteiger partial charge is 0.137 e. The largest absolute Gasteiger partial charge is 0.356 e. The van der Waals surface area contributed by atoms with Crippen LogP contribution in [0.25, 0.3) is 0 Å². The average Bonchev–Trinajstić information content (AvgIpc) is 3.31. The van der Waals surface area contributed by atoms with Crippen LogP contribution in [0.2, 0.25) is 0 Å². The number of piperidine rings is 1. The molecule has 0 aromatic carbocycles. The summed E-state index contributed by atoms with van der Waals surface area (Å²) in [6.45, 7) is 6.16. The van der Waals surface area contributed by atoms with E-state index in [1.807, 2.05) is 13.3 Å². The van der Waals surface area contributed by atoms with E-state index in [1.54, 1.807) is 0 Å². The summed E-state index contributed by atoms with van der Waals surface area (Å²) in [7, 11) is 0. The van der Waals surface area contributed by atoms with Crippen LogP contribution in [0.5, 0.6) is 0 Å². The van der Waals surface area contributed by atoms with Crippen LogP contribution in [0, 0.1) is 6.92 Å². The van der Waals surface area contributed by atoms with E-state index >= 15 is 0 Å². The molecule has 1 atom stereocenters. The molecule has 3 heterocycles. The molecule has 1 saturated heterocycles. The van der Waals surface area contributed by atoms with Crippen LogP contribution >= 0.6 is 0 Å². The molecular weight excluding hydrogens is 288 g/mol. The summed E-state index contributed by atoms with van der Waals surface area (Å²) in [5.41, 5.74) is 1.12. The van der Waals surface area contributed by atoms with Gasteiger partial charge in [-0.1, -0.05) is 6.92 Å². The van der Waals surface area contributed by atoms with Gasteiger partial charge >= 0.3 is 0 Å². The molecule has 1 unspecified atom stereocenters. The van der Waals surface area contributed by atoms with Crippen LogP contribution in [-0.2, 0) is 6.42 Å². The number of nitrogens with zero attached hydrogens (tertiary/aromatic N) is 6. The highest BCUT2D eigenvalue weighted by molar-refractivity contribution is 5.41. The standard InChI is InChI=1S/C17H24N6/c1-3-14-9-16(20-12(2)19-14)22-8-4-5-13(10-22)17-21-18-11-23(17)15-6-7-15/h9,11,13,15H,3-8,10H2,1-2H3.